The average molecular weight is 442 g/mol. The topological polar surface area (TPSA) is 96.3 Å². The first kappa shape index (κ1) is 22.0. The van der Waals surface area contributed by atoms with Crippen molar-refractivity contribution in [3.63, 3.8) is 0 Å². The lowest BCUT2D eigenvalue weighted by Crippen LogP contribution is -2.64. The van der Waals surface area contributed by atoms with Gasteiger partial charge in [-0.15, -0.1) is 0 Å². The molecule has 0 bridgehead atoms. The fourth-order valence-electron chi connectivity index (χ4n) is 4.63. The van der Waals surface area contributed by atoms with Gasteiger partial charge in [-0.1, -0.05) is 25.0 Å². The van der Waals surface area contributed by atoms with E-state index in [0.29, 0.717) is 6.54 Å². The van der Waals surface area contributed by atoms with Crippen molar-refractivity contribution in [2.24, 2.45) is 0 Å². The number of carbonyl (C=O) groups excluding carboxylic acids is 3. The molecule has 0 radical (unpaired) electrons. The fourth-order valence-corrected chi connectivity index (χ4v) is 4.63. The van der Waals surface area contributed by atoms with Gasteiger partial charge in [0.1, 0.15) is 17.1 Å². The number of hydrogen-bond donors (Lipinski definition) is 2. The van der Waals surface area contributed by atoms with Gasteiger partial charge in [0.15, 0.2) is 5.69 Å². The highest BCUT2D eigenvalue weighted by Gasteiger charge is 2.48. The molecule has 1 aromatic carbocycles. The molecule has 8 nitrogen and oxygen atoms in total. The third-order valence-corrected chi connectivity index (χ3v) is 6.44. The Balaban J connectivity index is 1.53. The number of benzene rings is 1. The lowest BCUT2D eigenvalue weighted by atomic mass is 9.94. The van der Waals surface area contributed by atoms with Gasteiger partial charge in [0, 0.05) is 19.1 Å². The number of halogens is 1. The zero-order valence-electron chi connectivity index (χ0n) is 18.4. The number of likely N-dealkylation sites (N-methyl/N-ethyl adjacent to an activating group) is 1. The Bertz CT molecular complexity index is 1030. The zero-order valence-corrected chi connectivity index (χ0v) is 18.4. The molecule has 1 aromatic heterocycles. The summed E-state index contributed by atoms with van der Waals surface area (Å²) in [6.45, 7) is 4.31. The number of fused-ring (bicyclic) bond motifs is 1. The van der Waals surface area contributed by atoms with Crippen molar-refractivity contribution in [1.82, 2.24) is 25.1 Å². The molecule has 32 heavy (non-hydrogen) atoms. The third-order valence-electron chi connectivity index (χ3n) is 6.44. The molecule has 1 aliphatic heterocycles. The molecule has 2 N–H and O–H groups in total. The summed E-state index contributed by atoms with van der Waals surface area (Å²) in [5, 5.41) is 5.83. The smallest absolute Gasteiger partial charge is 0.273 e. The van der Waals surface area contributed by atoms with Gasteiger partial charge in [-0.2, -0.15) is 0 Å². The van der Waals surface area contributed by atoms with Crippen molar-refractivity contribution in [2.75, 3.05) is 6.54 Å². The van der Waals surface area contributed by atoms with Crippen LogP contribution in [0.15, 0.2) is 30.6 Å². The maximum atomic E-state index is 13.4. The predicted octanol–water partition coefficient (Wildman–Crippen LogP) is 2.25. The second kappa shape index (κ2) is 8.72. The van der Waals surface area contributed by atoms with E-state index in [9.17, 15) is 18.8 Å². The summed E-state index contributed by atoms with van der Waals surface area (Å²) in [5.41, 5.74) is -0.141. The molecule has 1 fully saturated rings. The number of hydrogen-bond acceptors (Lipinski definition) is 4. The molecule has 3 amide bonds. The Morgan fingerprint density at radius 3 is 2.56 bits per heavy atom. The lowest BCUT2D eigenvalue weighted by molar-refractivity contribution is -0.133. The van der Waals surface area contributed by atoms with Crippen LogP contribution >= 0.6 is 0 Å². The van der Waals surface area contributed by atoms with Gasteiger partial charge in [0.05, 0.1) is 12.9 Å². The van der Waals surface area contributed by atoms with Crippen LogP contribution in [0.2, 0.25) is 0 Å². The standard InChI is InChI=1S/C23H28FN5O3/c1-3-29-21(31)19-18(20(30)25-12-15-8-10-16(24)11-9-15)26-14-28(19)13-23(29,2)22(32)27-17-6-4-5-7-17/h8-11,14,17H,3-7,12-13H2,1-2H3,(H,25,30)(H,27,32)/t23-/m0/s1. The maximum absolute atomic E-state index is 13.4. The molecule has 0 saturated heterocycles. The first-order valence-corrected chi connectivity index (χ1v) is 11.0. The molecule has 2 aliphatic rings. The van der Waals surface area contributed by atoms with Gasteiger partial charge in [-0.05, 0) is 44.4 Å². The highest BCUT2D eigenvalue weighted by molar-refractivity contribution is 6.07. The van der Waals surface area contributed by atoms with E-state index in [2.05, 4.69) is 15.6 Å². The molecule has 170 valence electrons. The van der Waals surface area contributed by atoms with Gasteiger partial charge in [-0.3, -0.25) is 14.4 Å². The fraction of sp³-hybridized carbons (Fsp3) is 0.478. The highest BCUT2D eigenvalue weighted by Crippen LogP contribution is 2.29. The number of carbonyl (C=O) groups is 3. The van der Waals surface area contributed by atoms with E-state index in [1.807, 2.05) is 6.92 Å². The molecule has 2 aromatic rings. The normalized spacial score (nSPS) is 20.8. The Hall–Kier alpha value is -3.23. The van der Waals surface area contributed by atoms with Crippen LogP contribution in [-0.2, 0) is 17.9 Å². The quantitative estimate of drug-likeness (QED) is 0.719. The van der Waals surface area contributed by atoms with E-state index < -0.39 is 17.4 Å². The van der Waals surface area contributed by atoms with Crippen LogP contribution in [0, 0.1) is 5.82 Å². The van der Waals surface area contributed by atoms with E-state index in [1.54, 1.807) is 23.6 Å². The lowest BCUT2D eigenvalue weighted by Gasteiger charge is -2.43. The van der Waals surface area contributed by atoms with Crippen molar-refractivity contribution < 1.29 is 18.8 Å². The molecule has 2 heterocycles. The number of imidazole rings is 1. The van der Waals surface area contributed by atoms with E-state index >= 15 is 0 Å². The molecular formula is C23H28FN5O3. The first-order valence-electron chi connectivity index (χ1n) is 11.0. The first-order chi connectivity index (χ1) is 15.3. The number of rotatable bonds is 6. The molecule has 4 rings (SSSR count). The van der Waals surface area contributed by atoms with E-state index in [-0.39, 0.29) is 42.2 Å². The van der Waals surface area contributed by atoms with Crippen molar-refractivity contribution in [2.45, 2.75) is 64.2 Å². The molecule has 1 saturated carbocycles. The largest absolute Gasteiger partial charge is 0.351 e. The van der Waals surface area contributed by atoms with Crippen LogP contribution in [0.5, 0.6) is 0 Å². The minimum Gasteiger partial charge on any atom is -0.351 e. The van der Waals surface area contributed by atoms with Crippen LogP contribution in [-0.4, -0.2) is 50.3 Å². The Kier molecular flexibility index (Phi) is 5.99. The van der Waals surface area contributed by atoms with Crippen molar-refractivity contribution in [3.8, 4) is 0 Å². The summed E-state index contributed by atoms with van der Waals surface area (Å²) < 4.78 is 14.7. The number of nitrogens with zero attached hydrogens (tertiary/aromatic N) is 3. The van der Waals surface area contributed by atoms with Gasteiger partial charge in [-0.25, -0.2) is 9.37 Å². The number of aromatic nitrogens is 2. The monoisotopic (exact) mass is 441 g/mol. The summed E-state index contributed by atoms with van der Waals surface area (Å²) in [6, 6.07) is 5.94. The Morgan fingerprint density at radius 2 is 1.91 bits per heavy atom. The molecular weight excluding hydrogens is 413 g/mol. The van der Waals surface area contributed by atoms with Gasteiger partial charge in [0.25, 0.3) is 11.8 Å². The molecule has 0 unspecified atom stereocenters. The molecule has 1 aliphatic carbocycles. The van der Waals surface area contributed by atoms with E-state index in [1.165, 1.54) is 23.4 Å². The van der Waals surface area contributed by atoms with E-state index in [0.717, 1.165) is 31.2 Å². The summed E-state index contributed by atoms with van der Waals surface area (Å²) in [7, 11) is 0. The van der Waals surface area contributed by atoms with Crippen molar-refractivity contribution in [1.29, 1.82) is 0 Å². The molecule has 1 atom stereocenters. The van der Waals surface area contributed by atoms with Crippen LogP contribution in [0.3, 0.4) is 0 Å². The third kappa shape index (κ3) is 3.99. The van der Waals surface area contributed by atoms with Crippen LogP contribution in [0.4, 0.5) is 4.39 Å². The molecule has 9 heteroatoms. The van der Waals surface area contributed by atoms with Crippen LogP contribution < -0.4 is 10.6 Å². The number of amides is 3. The number of nitrogens with one attached hydrogen (secondary N) is 2. The Labute approximate surface area is 186 Å². The Morgan fingerprint density at radius 1 is 1.22 bits per heavy atom. The highest BCUT2D eigenvalue weighted by atomic mass is 19.1. The van der Waals surface area contributed by atoms with Crippen LogP contribution in [0.1, 0.15) is 66.1 Å². The second-order valence-corrected chi connectivity index (χ2v) is 8.66. The SMILES string of the molecule is CCN1C(=O)c2c(C(=O)NCc3ccc(F)cc3)ncn2C[C@@]1(C)C(=O)NC1CCCC1. The summed E-state index contributed by atoms with van der Waals surface area (Å²) >= 11 is 0. The van der Waals surface area contributed by atoms with Gasteiger partial charge >= 0.3 is 0 Å². The van der Waals surface area contributed by atoms with Gasteiger partial charge in [0.2, 0.25) is 5.91 Å². The zero-order chi connectivity index (χ0) is 22.9. The van der Waals surface area contributed by atoms with Crippen molar-refractivity contribution in [3.05, 3.63) is 53.4 Å². The summed E-state index contributed by atoms with van der Waals surface area (Å²) in [6.07, 6.45) is 5.54. The van der Waals surface area contributed by atoms with E-state index in [4.69, 9.17) is 0 Å². The van der Waals surface area contributed by atoms with Crippen LogP contribution in [0.25, 0.3) is 0 Å². The second-order valence-electron chi connectivity index (χ2n) is 8.66. The average Bonchev–Trinajstić information content (AvgIpc) is 3.43. The van der Waals surface area contributed by atoms with Gasteiger partial charge < -0.3 is 20.1 Å². The summed E-state index contributed by atoms with van der Waals surface area (Å²) in [5.74, 6) is -1.42. The minimum atomic E-state index is -1.07. The predicted molar refractivity (Wildman–Crippen MR) is 115 cm³/mol. The summed E-state index contributed by atoms with van der Waals surface area (Å²) in [4.78, 5) is 45.0. The maximum Gasteiger partial charge on any atom is 0.273 e. The van der Waals surface area contributed by atoms with Crippen molar-refractivity contribution >= 4 is 17.7 Å². The minimum absolute atomic E-state index is 0.0220. The molecule has 0 spiro atoms.